The fourth-order valence-electron chi connectivity index (χ4n) is 2.80. The van der Waals surface area contributed by atoms with Crippen LogP contribution in [0.3, 0.4) is 0 Å². The highest BCUT2D eigenvalue weighted by Gasteiger charge is 2.16. The third kappa shape index (κ3) is 5.23. The second-order valence-corrected chi connectivity index (χ2v) is 7.45. The number of fused-ring (bicyclic) bond motifs is 1. The number of aryl methyl sites for hydroxylation is 1. The monoisotopic (exact) mass is 410 g/mol. The molecule has 0 saturated heterocycles. The van der Waals surface area contributed by atoms with E-state index in [-0.39, 0.29) is 17.2 Å². The van der Waals surface area contributed by atoms with Crippen molar-refractivity contribution in [2.45, 2.75) is 31.2 Å². The standard InChI is InChI=1S/C21H22N4O3S/c1-2-25-21(28)17-12-7-6-11-16(17)19(24-25)20(27)23-22-18(26)13-8-14-29-15-9-4-3-5-10-15/h3-7,9-12H,2,8,13-14H2,1H3,(H,22,26)(H,23,27). The predicted molar refractivity (Wildman–Crippen MR) is 114 cm³/mol. The van der Waals surface area contributed by atoms with Crippen molar-refractivity contribution >= 4 is 34.3 Å². The first-order valence-electron chi connectivity index (χ1n) is 9.37. The van der Waals surface area contributed by atoms with Crippen LogP contribution in [0.25, 0.3) is 10.8 Å². The molecule has 0 fully saturated rings. The predicted octanol–water partition coefficient (Wildman–Crippen LogP) is 2.75. The Kier molecular flexibility index (Phi) is 7.02. The van der Waals surface area contributed by atoms with Crippen LogP contribution in [-0.2, 0) is 11.3 Å². The van der Waals surface area contributed by atoms with Gasteiger partial charge in [-0.3, -0.25) is 25.2 Å². The van der Waals surface area contributed by atoms with Crippen molar-refractivity contribution in [3.8, 4) is 0 Å². The Morgan fingerprint density at radius 2 is 1.69 bits per heavy atom. The van der Waals surface area contributed by atoms with E-state index in [4.69, 9.17) is 0 Å². The maximum absolute atomic E-state index is 12.5. The average Bonchev–Trinajstić information content (AvgIpc) is 2.76. The number of carbonyl (C=O) groups is 2. The molecule has 1 heterocycles. The lowest BCUT2D eigenvalue weighted by Crippen LogP contribution is -2.42. The number of carbonyl (C=O) groups excluding carboxylic acids is 2. The van der Waals surface area contributed by atoms with Gasteiger partial charge >= 0.3 is 0 Å². The van der Waals surface area contributed by atoms with E-state index in [1.165, 1.54) is 4.68 Å². The maximum Gasteiger partial charge on any atom is 0.290 e. The van der Waals surface area contributed by atoms with Gasteiger partial charge in [-0.25, -0.2) is 4.68 Å². The average molecular weight is 410 g/mol. The molecule has 150 valence electrons. The Balaban J connectivity index is 1.56. The molecule has 0 aliphatic heterocycles. The first-order valence-corrected chi connectivity index (χ1v) is 10.4. The van der Waals surface area contributed by atoms with E-state index in [9.17, 15) is 14.4 Å². The van der Waals surface area contributed by atoms with Crippen LogP contribution in [0.4, 0.5) is 0 Å². The highest BCUT2D eigenvalue weighted by Crippen LogP contribution is 2.18. The van der Waals surface area contributed by atoms with Crippen molar-refractivity contribution in [2.24, 2.45) is 0 Å². The molecule has 0 spiro atoms. The molecule has 2 N–H and O–H groups in total. The van der Waals surface area contributed by atoms with Crippen LogP contribution in [0.1, 0.15) is 30.3 Å². The van der Waals surface area contributed by atoms with E-state index in [2.05, 4.69) is 16.0 Å². The second-order valence-electron chi connectivity index (χ2n) is 6.28. The quantitative estimate of drug-likeness (QED) is 0.355. The maximum atomic E-state index is 12.5. The first kappa shape index (κ1) is 20.6. The molecular weight excluding hydrogens is 388 g/mol. The minimum absolute atomic E-state index is 0.0991. The summed E-state index contributed by atoms with van der Waals surface area (Å²) in [7, 11) is 0. The molecular formula is C21H22N4O3S. The van der Waals surface area contributed by atoms with Gasteiger partial charge in [0.15, 0.2) is 5.69 Å². The van der Waals surface area contributed by atoms with Crippen molar-refractivity contribution < 1.29 is 9.59 Å². The minimum atomic E-state index is -0.560. The van der Waals surface area contributed by atoms with Crippen LogP contribution < -0.4 is 16.4 Å². The molecule has 1 aromatic heterocycles. The van der Waals surface area contributed by atoms with Crippen LogP contribution in [0.2, 0.25) is 0 Å². The summed E-state index contributed by atoms with van der Waals surface area (Å²) in [5.74, 6) is -0.0329. The number of nitrogens with one attached hydrogen (secondary N) is 2. The van der Waals surface area contributed by atoms with E-state index in [1.807, 2.05) is 30.3 Å². The van der Waals surface area contributed by atoms with Crippen molar-refractivity contribution in [2.75, 3.05) is 5.75 Å². The Bertz CT molecular complexity index is 1070. The summed E-state index contributed by atoms with van der Waals surface area (Å²) in [6.07, 6.45) is 0.978. The molecule has 0 radical (unpaired) electrons. The largest absolute Gasteiger partial charge is 0.290 e. The molecule has 0 aliphatic carbocycles. The zero-order valence-electron chi connectivity index (χ0n) is 16.1. The van der Waals surface area contributed by atoms with Gasteiger partial charge < -0.3 is 0 Å². The van der Waals surface area contributed by atoms with Crippen LogP contribution in [-0.4, -0.2) is 27.3 Å². The highest BCUT2D eigenvalue weighted by molar-refractivity contribution is 7.99. The third-order valence-electron chi connectivity index (χ3n) is 4.26. The summed E-state index contributed by atoms with van der Waals surface area (Å²) >= 11 is 1.68. The minimum Gasteiger partial charge on any atom is -0.273 e. The smallest absolute Gasteiger partial charge is 0.273 e. The third-order valence-corrected chi connectivity index (χ3v) is 5.36. The van der Waals surface area contributed by atoms with Gasteiger partial charge in [-0.1, -0.05) is 36.4 Å². The number of hydrogen-bond donors (Lipinski definition) is 2. The summed E-state index contributed by atoms with van der Waals surface area (Å²) < 4.78 is 1.24. The molecule has 7 nitrogen and oxygen atoms in total. The molecule has 0 bridgehead atoms. The number of hydrazine groups is 1. The molecule has 2 amide bonds. The van der Waals surface area contributed by atoms with Crippen molar-refractivity contribution in [1.29, 1.82) is 0 Å². The summed E-state index contributed by atoms with van der Waals surface area (Å²) in [4.78, 5) is 38.1. The van der Waals surface area contributed by atoms with Crippen molar-refractivity contribution in [1.82, 2.24) is 20.6 Å². The number of rotatable bonds is 7. The lowest BCUT2D eigenvalue weighted by molar-refractivity contribution is -0.121. The molecule has 0 saturated carbocycles. The lowest BCUT2D eigenvalue weighted by atomic mass is 10.1. The zero-order chi connectivity index (χ0) is 20.6. The molecule has 3 rings (SSSR count). The van der Waals surface area contributed by atoms with Crippen LogP contribution in [0.5, 0.6) is 0 Å². The fraction of sp³-hybridized carbons (Fsp3) is 0.238. The topological polar surface area (TPSA) is 93.1 Å². The molecule has 3 aromatic rings. The Morgan fingerprint density at radius 3 is 2.41 bits per heavy atom. The van der Waals surface area contributed by atoms with Gasteiger partial charge in [-0.2, -0.15) is 5.10 Å². The molecule has 8 heteroatoms. The lowest BCUT2D eigenvalue weighted by Gasteiger charge is -2.11. The Labute approximate surface area is 172 Å². The van der Waals surface area contributed by atoms with Crippen molar-refractivity contribution in [3.63, 3.8) is 0 Å². The SMILES string of the molecule is CCn1nc(C(=O)NNC(=O)CCCSc2ccccc2)c2ccccc2c1=O. The van der Waals surface area contributed by atoms with Gasteiger partial charge in [-0.05, 0) is 37.3 Å². The molecule has 29 heavy (non-hydrogen) atoms. The Hall–Kier alpha value is -3.13. The number of amides is 2. The number of thioether (sulfide) groups is 1. The van der Waals surface area contributed by atoms with Gasteiger partial charge in [-0.15, -0.1) is 11.8 Å². The second kappa shape index (κ2) is 9.88. The zero-order valence-corrected chi connectivity index (χ0v) is 16.9. The number of nitrogens with zero attached hydrogens (tertiary/aromatic N) is 2. The normalized spacial score (nSPS) is 10.7. The van der Waals surface area contributed by atoms with E-state index in [0.29, 0.717) is 30.2 Å². The van der Waals surface area contributed by atoms with Crippen LogP contribution in [0, 0.1) is 0 Å². The van der Waals surface area contributed by atoms with Gasteiger partial charge in [0, 0.05) is 23.2 Å². The molecule has 2 aromatic carbocycles. The molecule has 0 aliphatic rings. The van der Waals surface area contributed by atoms with Crippen LogP contribution in [0.15, 0.2) is 64.3 Å². The van der Waals surface area contributed by atoms with E-state index < -0.39 is 5.91 Å². The van der Waals surface area contributed by atoms with Gasteiger partial charge in [0.2, 0.25) is 5.91 Å². The molecule has 0 atom stereocenters. The summed E-state index contributed by atoms with van der Waals surface area (Å²) in [6, 6.07) is 16.8. The van der Waals surface area contributed by atoms with Gasteiger partial charge in [0.1, 0.15) is 0 Å². The van der Waals surface area contributed by atoms with E-state index in [1.54, 1.807) is 43.0 Å². The summed E-state index contributed by atoms with van der Waals surface area (Å²) in [5.41, 5.74) is 4.67. The summed E-state index contributed by atoms with van der Waals surface area (Å²) in [6.45, 7) is 2.12. The first-order chi connectivity index (χ1) is 14.1. The van der Waals surface area contributed by atoms with Crippen molar-refractivity contribution in [3.05, 3.63) is 70.6 Å². The van der Waals surface area contributed by atoms with Gasteiger partial charge in [0.25, 0.3) is 11.5 Å². The number of aromatic nitrogens is 2. The highest BCUT2D eigenvalue weighted by atomic mass is 32.2. The Morgan fingerprint density at radius 1 is 1.00 bits per heavy atom. The number of benzene rings is 2. The van der Waals surface area contributed by atoms with E-state index in [0.717, 1.165) is 10.6 Å². The molecule has 0 unspecified atom stereocenters. The summed E-state index contributed by atoms with van der Waals surface area (Å²) in [5, 5.41) is 5.01. The van der Waals surface area contributed by atoms with Crippen LogP contribution >= 0.6 is 11.8 Å². The number of hydrogen-bond acceptors (Lipinski definition) is 5. The van der Waals surface area contributed by atoms with Gasteiger partial charge in [0.05, 0.1) is 5.39 Å². The van der Waals surface area contributed by atoms with E-state index >= 15 is 0 Å². The fourth-order valence-corrected chi connectivity index (χ4v) is 3.68.